The number of halogens is 1. The van der Waals surface area contributed by atoms with E-state index in [2.05, 4.69) is 20.8 Å². The molecule has 0 heterocycles. The van der Waals surface area contributed by atoms with Crippen molar-refractivity contribution in [2.24, 2.45) is 0 Å². The lowest BCUT2D eigenvalue weighted by Crippen LogP contribution is -2.13. The Labute approximate surface area is 149 Å². The Balaban J connectivity index is 2.59. The maximum absolute atomic E-state index is 14.4. The van der Waals surface area contributed by atoms with Crippen molar-refractivity contribution in [3.63, 3.8) is 0 Å². The average Bonchev–Trinajstić information content (AvgIpc) is 2.52. The molecule has 133 valence electrons. The van der Waals surface area contributed by atoms with E-state index in [0.717, 1.165) is 17.2 Å². The first-order chi connectivity index (χ1) is 11.6. The molecule has 0 aliphatic heterocycles. The summed E-state index contributed by atoms with van der Waals surface area (Å²) >= 11 is 0. The molecule has 2 aromatic carbocycles. The zero-order valence-corrected chi connectivity index (χ0v) is 16.2. The predicted octanol–water partition coefficient (Wildman–Crippen LogP) is 5.47. The first-order valence-electron chi connectivity index (χ1n) is 8.10. The van der Waals surface area contributed by atoms with E-state index in [9.17, 15) is 14.5 Å². The molecular formula is C19H23FNO3Si. The van der Waals surface area contributed by atoms with E-state index < -0.39 is 19.8 Å². The maximum atomic E-state index is 14.4. The van der Waals surface area contributed by atoms with Crippen LogP contribution < -0.4 is 0 Å². The van der Waals surface area contributed by atoms with Crippen LogP contribution in [0.3, 0.4) is 0 Å². The summed E-state index contributed by atoms with van der Waals surface area (Å²) in [7, 11) is -0.911. The first-order valence-corrected chi connectivity index (χ1v) is 10.5. The van der Waals surface area contributed by atoms with Crippen LogP contribution in [0.15, 0.2) is 36.4 Å². The van der Waals surface area contributed by atoms with Crippen LogP contribution in [-0.2, 0) is 16.4 Å². The fourth-order valence-electron chi connectivity index (χ4n) is 2.50. The molecule has 0 fully saturated rings. The molecule has 0 aliphatic rings. The van der Waals surface area contributed by atoms with Crippen molar-refractivity contribution in [3.8, 4) is 11.1 Å². The maximum Gasteiger partial charge on any atom is 0.270 e. The summed E-state index contributed by atoms with van der Waals surface area (Å²) in [6, 6.07) is 9.40. The smallest absolute Gasteiger partial charge is 0.270 e. The molecule has 0 saturated heterocycles. The van der Waals surface area contributed by atoms with Crippen LogP contribution in [0.2, 0.25) is 13.1 Å². The van der Waals surface area contributed by atoms with Crippen molar-refractivity contribution in [2.45, 2.75) is 45.9 Å². The number of rotatable bonds is 5. The quantitative estimate of drug-likeness (QED) is 0.404. The van der Waals surface area contributed by atoms with Crippen LogP contribution in [0.25, 0.3) is 11.1 Å². The SMILES string of the molecule is C[Si](C)OCc1cc(C(C)(C)C)ccc1-c1cc([N+](=O)[O-])ccc1F. The lowest BCUT2D eigenvalue weighted by molar-refractivity contribution is -0.384. The third-order valence-electron chi connectivity index (χ3n) is 3.94. The molecule has 0 aliphatic carbocycles. The highest BCUT2D eigenvalue weighted by molar-refractivity contribution is 6.48. The normalized spacial score (nSPS) is 11.8. The van der Waals surface area contributed by atoms with Crippen LogP contribution >= 0.6 is 0 Å². The molecule has 1 radical (unpaired) electrons. The fourth-order valence-corrected chi connectivity index (χ4v) is 2.94. The number of hydrogen-bond acceptors (Lipinski definition) is 3. The second-order valence-corrected chi connectivity index (χ2v) is 9.35. The van der Waals surface area contributed by atoms with Gasteiger partial charge in [-0.25, -0.2) is 4.39 Å². The van der Waals surface area contributed by atoms with Gasteiger partial charge in [0.25, 0.3) is 5.69 Å². The summed E-state index contributed by atoms with van der Waals surface area (Å²) in [4.78, 5) is 10.5. The number of non-ortho nitro benzene ring substituents is 1. The van der Waals surface area contributed by atoms with E-state index in [0.29, 0.717) is 12.2 Å². The molecule has 6 heteroatoms. The lowest BCUT2D eigenvalue weighted by atomic mass is 9.84. The van der Waals surface area contributed by atoms with E-state index in [1.54, 1.807) is 0 Å². The topological polar surface area (TPSA) is 52.4 Å². The van der Waals surface area contributed by atoms with Gasteiger partial charge >= 0.3 is 0 Å². The van der Waals surface area contributed by atoms with E-state index in [1.165, 1.54) is 12.1 Å². The second-order valence-electron chi connectivity index (χ2n) is 7.24. The molecule has 0 spiro atoms. The van der Waals surface area contributed by atoms with Crippen molar-refractivity contribution >= 4 is 14.7 Å². The van der Waals surface area contributed by atoms with E-state index >= 15 is 0 Å². The Morgan fingerprint density at radius 1 is 1.12 bits per heavy atom. The first kappa shape index (κ1) is 19.3. The molecule has 25 heavy (non-hydrogen) atoms. The molecule has 0 atom stereocenters. The predicted molar refractivity (Wildman–Crippen MR) is 99.5 cm³/mol. The largest absolute Gasteiger partial charge is 0.413 e. The van der Waals surface area contributed by atoms with Crippen molar-refractivity contribution in [2.75, 3.05) is 0 Å². The second kappa shape index (κ2) is 7.45. The average molecular weight is 360 g/mol. The highest BCUT2D eigenvalue weighted by Crippen LogP contribution is 2.33. The van der Waals surface area contributed by atoms with Crippen LogP contribution in [0.4, 0.5) is 10.1 Å². The van der Waals surface area contributed by atoms with Gasteiger partial charge in [0, 0.05) is 17.7 Å². The Morgan fingerprint density at radius 3 is 2.36 bits per heavy atom. The van der Waals surface area contributed by atoms with Gasteiger partial charge in [0.05, 0.1) is 11.5 Å². The van der Waals surface area contributed by atoms with Gasteiger partial charge in [0.2, 0.25) is 9.04 Å². The molecule has 0 unspecified atom stereocenters. The highest BCUT2D eigenvalue weighted by atomic mass is 28.3. The van der Waals surface area contributed by atoms with Gasteiger partial charge in [-0.3, -0.25) is 10.1 Å². The number of nitrogens with zero attached hydrogens (tertiary/aromatic N) is 1. The summed E-state index contributed by atoms with van der Waals surface area (Å²) in [6.45, 7) is 10.8. The lowest BCUT2D eigenvalue weighted by Gasteiger charge is -2.22. The molecule has 0 saturated carbocycles. The molecular weight excluding hydrogens is 337 g/mol. The molecule has 0 N–H and O–H groups in total. The molecule has 0 aromatic heterocycles. The van der Waals surface area contributed by atoms with Crippen LogP contribution in [0, 0.1) is 15.9 Å². The summed E-state index contributed by atoms with van der Waals surface area (Å²) in [5.74, 6) is -0.478. The summed E-state index contributed by atoms with van der Waals surface area (Å²) < 4.78 is 20.2. The standard InChI is InChI=1S/C19H23FNO3Si/c1-19(2,3)14-6-8-16(13(10-14)12-24-25(4)5)17-11-15(21(22)23)7-9-18(17)20/h6-11H,12H2,1-5H3. The minimum atomic E-state index is -0.911. The van der Waals surface area contributed by atoms with Gasteiger partial charge in [-0.1, -0.05) is 39.0 Å². The summed E-state index contributed by atoms with van der Waals surface area (Å²) in [6.07, 6.45) is 0. The van der Waals surface area contributed by atoms with Crippen LogP contribution in [0.1, 0.15) is 31.9 Å². The van der Waals surface area contributed by atoms with Gasteiger partial charge in [0.1, 0.15) is 5.82 Å². The summed E-state index contributed by atoms with van der Waals surface area (Å²) in [5, 5.41) is 11.0. The Bertz CT molecular complexity index is 785. The Morgan fingerprint density at radius 2 is 1.80 bits per heavy atom. The number of nitro groups is 1. The third-order valence-corrected chi connectivity index (χ3v) is 4.66. The monoisotopic (exact) mass is 360 g/mol. The van der Waals surface area contributed by atoms with Gasteiger partial charge in [-0.05, 0) is 41.3 Å². The molecule has 2 aromatic rings. The van der Waals surface area contributed by atoms with Gasteiger partial charge in [-0.2, -0.15) is 0 Å². The molecule has 0 bridgehead atoms. The van der Waals surface area contributed by atoms with E-state index in [-0.39, 0.29) is 16.7 Å². The molecule has 2 rings (SSSR count). The van der Waals surface area contributed by atoms with Crippen molar-refractivity contribution in [1.29, 1.82) is 0 Å². The Hall–Kier alpha value is -2.05. The zero-order valence-electron chi connectivity index (χ0n) is 15.2. The minimum absolute atomic E-state index is 0.0548. The van der Waals surface area contributed by atoms with E-state index in [4.69, 9.17) is 4.43 Å². The Kier molecular flexibility index (Phi) is 5.75. The number of benzene rings is 2. The summed E-state index contributed by atoms with van der Waals surface area (Å²) in [5.41, 5.74) is 2.64. The highest BCUT2D eigenvalue weighted by Gasteiger charge is 2.19. The van der Waals surface area contributed by atoms with Crippen molar-refractivity contribution in [1.82, 2.24) is 0 Å². The number of nitro benzene ring substituents is 1. The third kappa shape index (κ3) is 4.73. The minimum Gasteiger partial charge on any atom is -0.413 e. The van der Waals surface area contributed by atoms with Crippen molar-refractivity contribution < 1.29 is 13.7 Å². The molecule has 0 amide bonds. The number of hydrogen-bond donors (Lipinski definition) is 0. The van der Waals surface area contributed by atoms with Gasteiger partial charge in [0.15, 0.2) is 0 Å². The van der Waals surface area contributed by atoms with E-state index in [1.807, 2.05) is 31.3 Å². The zero-order chi connectivity index (χ0) is 18.8. The molecule has 4 nitrogen and oxygen atoms in total. The van der Waals surface area contributed by atoms with Crippen LogP contribution in [-0.4, -0.2) is 14.0 Å². The fraction of sp³-hybridized carbons (Fsp3) is 0.368. The van der Waals surface area contributed by atoms with Gasteiger partial charge in [-0.15, -0.1) is 0 Å². The van der Waals surface area contributed by atoms with Gasteiger partial charge < -0.3 is 4.43 Å². The van der Waals surface area contributed by atoms with Crippen LogP contribution in [0.5, 0.6) is 0 Å². The van der Waals surface area contributed by atoms with Crippen molar-refractivity contribution in [3.05, 3.63) is 63.5 Å².